The number of ether oxygens (including phenoxy) is 2. The Balaban J connectivity index is 1.39. The average Bonchev–Trinajstić information content (AvgIpc) is 3.42. The Kier molecular flexibility index (Phi) is 7.32. The maximum Gasteiger partial charge on any atom is 0.335 e. The van der Waals surface area contributed by atoms with E-state index in [1.807, 2.05) is 19.1 Å². The van der Waals surface area contributed by atoms with Crippen LogP contribution in [0.25, 0.3) is 11.1 Å². The Hall–Kier alpha value is -4.28. The fraction of sp³-hybridized carbons (Fsp3) is 0.207. The number of carboxylic acid groups (broad SMARTS) is 1. The van der Waals surface area contributed by atoms with Crippen molar-refractivity contribution in [2.75, 3.05) is 19.0 Å². The van der Waals surface area contributed by atoms with Gasteiger partial charge in [-0.25, -0.2) is 14.2 Å². The third-order valence-electron chi connectivity index (χ3n) is 6.70. The largest absolute Gasteiger partial charge is 0.493 e. The minimum Gasteiger partial charge on any atom is -0.493 e. The maximum absolute atomic E-state index is 14.5. The predicted octanol–water partition coefficient (Wildman–Crippen LogP) is 5.84. The molecular weight excluding hydrogens is 521 g/mol. The van der Waals surface area contributed by atoms with Crippen molar-refractivity contribution in [3.63, 3.8) is 0 Å². The second kappa shape index (κ2) is 10.8. The molecule has 1 aliphatic rings. The Bertz CT molecular complexity index is 1520. The number of anilines is 1. The molecule has 3 aromatic carbocycles. The molecule has 1 unspecified atom stereocenters. The number of benzene rings is 3. The van der Waals surface area contributed by atoms with Crippen molar-refractivity contribution < 1.29 is 28.6 Å². The van der Waals surface area contributed by atoms with Gasteiger partial charge in [-0.05, 0) is 66.4 Å². The number of carboxylic acids is 1. The van der Waals surface area contributed by atoms with Gasteiger partial charge in [0, 0.05) is 35.6 Å². The van der Waals surface area contributed by atoms with E-state index in [0.717, 1.165) is 23.6 Å². The number of thiazole rings is 1. The standard InChI is InChI=1S/C29H26FN3O5S/c1-29(16-26(34)33-28-31-11-12-39-28)22-15-25(24(37-2)14-18(22)9-10-32-29)38-20-6-3-17(4-7-20)21-8-5-19(27(35)36)13-23(21)30/h3-8,11-15,32H,9-10,16H2,1-2H3,(H,35,36)(H,31,33,34). The fourth-order valence-electron chi connectivity index (χ4n) is 4.77. The molecule has 1 amide bonds. The van der Waals surface area contributed by atoms with Crippen molar-refractivity contribution in [2.24, 2.45) is 0 Å². The van der Waals surface area contributed by atoms with Crippen molar-refractivity contribution in [2.45, 2.75) is 25.3 Å². The van der Waals surface area contributed by atoms with Crippen LogP contribution in [-0.4, -0.2) is 35.6 Å². The lowest BCUT2D eigenvalue weighted by Gasteiger charge is -2.37. The zero-order chi connectivity index (χ0) is 27.6. The van der Waals surface area contributed by atoms with E-state index in [1.54, 1.807) is 43.0 Å². The Morgan fingerprint density at radius 1 is 1.15 bits per heavy atom. The van der Waals surface area contributed by atoms with Gasteiger partial charge < -0.3 is 25.2 Å². The van der Waals surface area contributed by atoms with E-state index in [2.05, 4.69) is 15.6 Å². The topological polar surface area (TPSA) is 110 Å². The normalized spacial score (nSPS) is 16.3. The molecule has 5 rings (SSSR count). The second-order valence-corrected chi connectivity index (χ2v) is 10.3. The number of amides is 1. The SMILES string of the molecule is COc1cc2c(cc1Oc1ccc(-c3ccc(C(=O)O)cc3F)cc1)C(C)(CC(=O)Nc1nccs1)NCC2. The maximum atomic E-state index is 14.5. The summed E-state index contributed by atoms with van der Waals surface area (Å²) >= 11 is 1.36. The van der Waals surface area contributed by atoms with Crippen LogP contribution >= 0.6 is 11.3 Å². The summed E-state index contributed by atoms with van der Waals surface area (Å²) in [5.74, 6) is -0.405. The molecule has 0 aliphatic carbocycles. The molecular formula is C29H26FN3O5S. The van der Waals surface area contributed by atoms with Crippen LogP contribution in [0.2, 0.25) is 0 Å². The fourth-order valence-corrected chi connectivity index (χ4v) is 5.31. The van der Waals surface area contributed by atoms with Gasteiger partial charge in [-0.2, -0.15) is 0 Å². The van der Waals surface area contributed by atoms with Gasteiger partial charge in [0.2, 0.25) is 5.91 Å². The van der Waals surface area contributed by atoms with Gasteiger partial charge in [-0.15, -0.1) is 11.3 Å². The van der Waals surface area contributed by atoms with Gasteiger partial charge in [0.25, 0.3) is 0 Å². The summed E-state index contributed by atoms with van der Waals surface area (Å²) < 4.78 is 26.3. The van der Waals surface area contributed by atoms with Crippen LogP contribution in [0.3, 0.4) is 0 Å². The molecule has 1 atom stereocenters. The van der Waals surface area contributed by atoms with E-state index in [1.165, 1.54) is 23.5 Å². The third-order valence-corrected chi connectivity index (χ3v) is 7.38. The van der Waals surface area contributed by atoms with Crippen molar-refractivity contribution in [3.05, 3.63) is 88.7 Å². The van der Waals surface area contributed by atoms with Crippen LogP contribution in [0.4, 0.5) is 9.52 Å². The molecule has 0 saturated heterocycles. The molecule has 0 spiro atoms. The lowest BCUT2D eigenvalue weighted by Crippen LogP contribution is -2.47. The first kappa shape index (κ1) is 26.3. The minimum absolute atomic E-state index is 0.113. The molecule has 2 heterocycles. The number of fused-ring (bicyclic) bond motifs is 1. The second-order valence-electron chi connectivity index (χ2n) is 9.36. The molecule has 39 heavy (non-hydrogen) atoms. The number of rotatable bonds is 8. The number of aromatic nitrogens is 1. The van der Waals surface area contributed by atoms with Gasteiger partial charge in [0.15, 0.2) is 16.6 Å². The van der Waals surface area contributed by atoms with E-state index in [-0.39, 0.29) is 23.5 Å². The number of halogens is 1. The summed E-state index contributed by atoms with van der Waals surface area (Å²) in [5.41, 5.74) is 2.13. The van der Waals surface area contributed by atoms with Crippen LogP contribution in [0.15, 0.2) is 66.2 Å². The van der Waals surface area contributed by atoms with Crippen LogP contribution in [0, 0.1) is 5.82 Å². The molecule has 1 aromatic heterocycles. The number of aromatic carboxylic acids is 1. The number of carbonyl (C=O) groups excluding carboxylic acids is 1. The molecule has 3 N–H and O–H groups in total. The number of nitrogens with one attached hydrogen (secondary N) is 2. The molecule has 8 nitrogen and oxygen atoms in total. The first-order chi connectivity index (χ1) is 18.8. The highest BCUT2D eigenvalue weighted by molar-refractivity contribution is 7.13. The van der Waals surface area contributed by atoms with E-state index in [0.29, 0.717) is 34.5 Å². The van der Waals surface area contributed by atoms with Crippen LogP contribution in [0.1, 0.15) is 34.8 Å². The van der Waals surface area contributed by atoms with Crippen molar-refractivity contribution in [1.82, 2.24) is 10.3 Å². The summed E-state index contributed by atoms with van der Waals surface area (Å²) in [5, 5.41) is 17.8. The van der Waals surface area contributed by atoms with Crippen molar-refractivity contribution >= 4 is 28.3 Å². The lowest BCUT2D eigenvalue weighted by atomic mass is 9.81. The molecule has 0 fully saturated rings. The molecule has 0 bridgehead atoms. The highest BCUT2D eigenvalue weighted by Crippen LogP contribution is 2.41. The molecule has 200 valence electrons. The van der Waals surface area contributed by atoms with Gasteiger partial charge >= 0.3 is 5.97 Å². The number of methoxy groups -OCH3 is 1. The van der Waals surface area contributed by atoms with Crippen LogP contribution in [0.5, 0.6) is 17.2 Å². The zero-order valence-corrected chi connectivity index (χ0v) is 22.1. The Labute approximate surface area is 228 Å². The predicted molar refractivity (Wildman–Crippen MR) is 146 cm³/mol. The summed E-state index contributed by atoms with van der Waals surface area (Å²) in [6.45, 7) is 2.70. The lowest BCUT2D eigenvalue weighted by molar-refractivity contribution is -0.117. The summed E-state index contributed by atoms with van der Waals surface area (Å²) in [6, 6.07) is 14.5. The van der Waals surface area contributed by atoms with Gasteiger partial charge in [0.05, 0.1) is 12.7 Å². The van der Waals surface area contributed by atoms with E-state index >= 15 is 0 Å². The smallest absolute Gasteiger partial charge is 0.335 e. The van der Waals surface area contributed by atoms with Gasteiger partial charge in [-0.3, -0.25) is 4.79 Å². The first-order valence-electron chi connectivity index (χ1n) is 12.2. The quantitative estimate of drug-likeness (QED) is 0.254. The van der Waals surface area contributed by atoms with E-state index < -0.39 is 17.3 Å². The Morgan fingerprint density at radius 3 is 2.62 bits per heavy atom. The highest BCUT2D eigenvalue weighted by Gasteiger charge is 2.35. The summed E-state index contributed by atoms with van der Waals surface area (Å²) in [7, 11) is 1.57. The van der Waals surface area contributed by atoms with Gasteiger partial charge in [-0.1, -0.05) is 18.2 Å². The number of hydrogen-bond donors (Lipinski definition) is 3. The molecule has 0 radical (unpaired) electrons. The zero-order valence-electron chi connectivity index (χ0n) is 21.3. The first-order valence-corrected chi connectivity index (χ1v) is 13.1. The van der Waals surface area contributed by atoms with Gasteiger partial charge in [0.1, 0.15) is 11.6 Å². The van der Waals surface area contributed by atoms with Crippen molar-refractivity contribution in [3.8, 4) is 28.4 Å². The Morgan fingerprint density at radius 2 is 1.95 bits per heavy atom. The molecule has 0 saturated carbocycles. The summed E-state index contributed by atoms with van der Waals surface area (Å²) in [4.78, 5) is 28.0. The third kappa shape index (κ3) is 5.62. The number of hydrogen-bond acceptors (Lipinski definition) is 7. The van der Waals surface area contributed by atoms with Crippen LogP contribution < -0.4 is 20.1 Å². The molecule has 10 heteroatoms. The highest BCUT2D eigenvalue weighted by atomic mass is 32.1. The molecule has 4 aromatic rings. The average molecular weight is 548 g/mol. The van der Waals surface area contributed by atoms with E-state index in [9.17, 15) is 14.0 Å². The monoisotopic (exact) mass is 547 g/mol. The van der Waals surface area contributed by atoms with Crippen molar-refractivity contribution in [1.29, 1.82) is 0 Å². The van der Waals surface area contributed by atoms with Crippen LogP contribution in [-0.2, 0) is 16.8 Å². The summed E-state index contributed by atoms with van der Waals surface area (Å²) in [6.07, 6.45) is 2.62. The minimum atomic E-state index is -1.19. The number of carbonyl (C=O) groups is 2. The van der Waals surface area contributed by atoms with E-state index in [4.69, 9.17) is 14.6 Å². The molecule has 1 aliphatic heterocycles. The number of nitrogens with zero attached hydrogens (tertiary/aromatic N) is 1.